The molecule has 0 bridgehead atoms. The minimum atomic E-state index is -0.832. The van der Waals surface area contributed by atoms with E-state index in [1.165, 1.54) is 18.7 Å². The minimum absolute atomic E-state index is 0.422. The molecule has 0 amide bonds. The molecule has 11 heavy (non-hydrogen) atoms. The fourth-order valence-electron chi connectivity index (χ4n) is 0.479. The summed E-state index contributed by atoms with van der Waals surface area (Å²) in [4.78, 5) is 10.3. The van der Waals surface area contributed by atoms with Crippen LogP contribution >= 0.6 is 11.8 Å². The standard InChI is InChI=1S/C7H13FO2S/c1-5(8)3-4-11-6(2)7(9)10/h5-6H,3-4H2,1-2H3,(H,9,10). The first kappa shape index (κ1) is 10.8. The summed E-state index contributed by atoms with van der Waals surface area (Å²) in [5.41, 5.74) is 0. The fourth-order valence-corrected chi connectivity index (χ4v) is 1.44. The summed E-state index contributed by atoms with van der Waals surface area (Å²) in [6.07, 6.45) is -0.397. The number of carbonyl (C=O) groups is 1. The van der Waals surface area contributed by atoms with E-state index in [9.17, 15) is 9.18 Å². The molecule has 0 saturated carbocycles. The van der Waals surface area contributed by atoms with Gasteiger partial charge >= 0.3 is 5.97 Å². The molecule has 0 aliphatic rings. The number of halogens is 1. The van der Waals surface area contributed by atoms with Crippen LogP contribution in [0.3, 0.4) is 0 Å². The molecule has 4 heteroatoms. The third-order valence-electron chi connectivity index (χ3n) is 1.23. The van der Waals surface area contributed by atoms with Gasteiger partial charge in [-0.3, -0.25) is 4.79 Å². The molecule has 0 heterocycles. The van der Waals surface area contributed by atoms with E-state index in [-0.39, 0.29) is 0 Å². The van der Waals surface area contributed by atoms with Gasteiger partial charge in [0.05, 0.1) is 11.4 Å². The Morgan fingerprint density at radius 3 is 2.55 bits per heavy atom. The van der Waals surface area contributed by atoms with Gasteiger partial charge < -0.3 is 5.11 Å². The van der Waals surface area contributed by atoms with Crippen molar-refractivity contribution < 1.29 is 14.3 Å². The number of hydrogen-bond acceptors (Lipinski definition) is 2. The lowest BCUT2D eigenvalue weighted by molar-refractivity contribution is -0.136. The van der Waals surface area contributed by atoms with Crippen molar-refractivity contribution in [2.24, 2.45) is 0 Å². The highest BCUT2D eigenvalue weighted by Crippen LogP contribution is 2.13. The Labute approximate surface area is 70.2 Å². The highest BCUT2D eigenvalue weighted by molar-refractivity contribution is 8.00. The first-order chi connectivity index (χ1) is 5.04. The molecule has 1 N–H and O–H groups in total. The van der Waals surface area contributed by atoms with Crippen molar-refractivity contribution in [3.63, 3.8) is 0 Å². The van der Waals surface area contributed by atoms with E-state index in [4.69, 9.17) is 5.11 Å². The Morgan fingerprint density at radius 2 is 2.18 bits per heavy atom. The normalized spacial score (nSPS) is 15.9. The van der Waals surface area contributed by atoms with Crippen molar-refractivity contribution in [3.8, 4) is 0 Å². The first-order valence-electron chi connectivity index (χ1n) is 3.52. The van der Waals surface area contributed by atoms with E-state index >= 15 is 0 Å². The van der Waals surface area contributed by atoms with Crippen molar-refractivity contribution in [1.82, 2.24) is 0 Å². The molecular formula is C7H13FO2S. The smallest absolute Gasteiger partial charge is 0.316 e. The quantitative estimate of drug-likeness (QED) is 0.702. The Bertz CT molecular complexity index is 128. The van der Waals surface area contributed by atoms with Gasteiger partial charge in [0, 0.05) is 0 Å². The van der Waals surface area contributed by atoms with Crippen LogP contribution in [0.2, 0.25) is 0 Å². The van der Waals surface area contributed by atoms with Crippen LogP contribution in [-0.2, 0) is 4.79 Å². The molecule has 0 spiro atoms. The van der Waals surface area contributed by atoms with Gasteiger partial charge in [-0.2, -0.15) is 0 Å². The Morgan fingerprint density at radius 1 is 1.64 bits per heavy atom. The van der Waals surface area contributed by atoms with Gasteiger partial charge in [-0.1, -0.05) is 0 Å². The molecule has 2 unspecified atom stereocenters. The van der Waals surface area contributed by atoms with E-state index in [1.807, 2.05) is 0 Å². The summed E-state index contributed by atoms with van der Waals surface area (Å²) >= 11 is 1.27. The van der Waals surface area contributed by atoms with E-state index < -0.39 is 17.4 Å². The molecular weight excluding hydrogens is 167 g/mol. The zero-order valence-corrected chi connectivity index (χ0v) is 7.53. The summed E-state index contributed by atoms with van der Waals surface area (Å²) in [6.45, 7) is 3.09. The van der Waals surface area contributed by atoms with E-state index in [0.717, 1.165) is 0 Å². The summed E-state index contributed by atoms with van der Waals surface area (Å²) in [5, 5.41) is 8.01. The average Bonchev–Trinajstić information content (AvgIpc) is 1.86. The fraction of sp³-hybridized carbons (Fsp3) is 0.857. The number of carboxylic acid groups (broad SMARTS) is 1. The number of carboxylic acids is 1. The SMILES string of the molecule is CC(F)CCSC(C)C(=O)O. The van der Waals surface area contributed by atoms with Gasteiger partial charge in [0.15, 0.2) is 0 Å². The maximum absolute atomic E-state index is 12.2. The zero-order valence-electron chi connectivity index (χ0n) is 6.71. The zero-order chi connectivity index (χ0) is 8.85. The molecule has 66 valence electrons. The van der Waals surface area contributed by atoms with Crippen LogP contribution < -0.4 is 0 Å². The van der Waals surface area contributed by atoms with Crippen LogP contribution in [0.1, 0.15) is 20.3 Å². The molecule has 0 rings (SSSR count). The van der Waals surface area contributed by atoms with Crippen LogP contribution in [-0.4, -0.2) is 28.3 Å². The Kier molecular flexibility index (Phi) is 5.28. The second-order valence-electron chi connectivity index (χ2n) is 2.42. The topological polar surface area (TPSA) is 37.3 Å². The van der Waals surface area contributed by atoms with Gasteiger partial charge in [0.25, 0.3) is 0 Å². The molecule has 0 aromatic heterocycles. The highest BCUT2D eigenvalue weighted by Gasteiger charge is 2.10. The predicted octanol–water partition coefficient (Wildman–Crippen LogP) is 1.94. The van der Waals surface area contributed by atoms with Crippen molar-refractivity contribution in [3.05, 3.63) is 0 Å². The molecule has 0 fully saturated rings. The molecule has 2 atom stereocenters. The number of thioether (sulfide) groups is 1. The van der Waals surface area contributed by atoms with Gasteiger partial charge in [-0.05, 0) is 26.0 Å². The number of aliphatic carboxylic acids is 1. The molecule has 2 nitrogen and oxygen atoms in total. The number of hydrogen-bond donors (Lipinski definition) is 1. The lowest BCUT2D eigenvalue weighted by atomic mass is 10.3. The summed E-state index contributed by atoms with van der Waals surface area (Å²) in [6, 6.07) is 0. The third kappa shape index (κ3) is 6.16. The lowest BCUT2D eigenvalue weighted by Crippen LogP contribution is -2.12. The average molecular weight is 180 g/mol. The van der Waals surface area contributed by atoms with Crippen molar-refractivity contribution >= 4 is 17.7 Å². The first-order valence-corrected chi connectivity index (χ1v) is 4.57. The molecule has 0 radical (unpaired) electrons. The van der Waals surface area contributed by atoms with E-state index in [1.54, 1.807) is 6.92 Å². The third-order valence-corrected chi connectivity index (χ3v) is 2.40. The van der Waals surface area contributed by atoms with E-state index in [0.29, 0.717) is 12.2 Å². The van der Waals surface area contributed by atoms with Gasteiger partial charge in [-0.15, -0.1) is 11.8 Å². The van der Waals surface area contributed by atoms with Crippen molar-refractivity contribution in [1.29, 1.82) is 0 Å². The van der Waals surface area contributed by atoms with Crippen LogP contribution in [0.4, 0.5) is 4.39 Å². The van der Waals surface area contributed by atoms with Crippen LogP contribution in [0.15, 0.2) is 0 Å². The highest BCUT2D eigenvalue weighted by atomic mass is 32.2. The molecule has 0 aliphatic heterocycles. The second-order valence-corrected chi connectivity index (χ2v) is 3.87. The van der Waals surface area contributed by atoms with Gasteiger partial charge in [0.2, 0.25) is 0 Å². The van der Waals surface area contributed by atoms with Gasteiger partial charge in [-0.25, -0.2) is 4.39 Å². The van der Waals surface area contributed by atoms with Crippen molar-refractivity contribution in [2.45, 2.75) is 31.7 Å². The summed E-state index contributed by atoms with van der Waals surface area (Å²) < 4.78 is 12.2. The van der Waals surface area contributed by atoms with Crippen LogP contribution in [0.5, 0.6) is 0 Å². The predicted molar refractivity (Wildman–Crippen MR) is 44.7 cm³/mol. The lowest BCUT2D eigenvalue weighted by Gasteiger charge is -2.05. The van der Waals surface area contributed by atoms with Gasteiger partial charge in [0.1, 0.15) is 0 Å². The molecule has 0 aromatic rings. The monoisotopic (exact) mass is 180 g/mol. The number of alkyl halides is 1. The maximum atomic E-state index is 12.2. The summed E-state index contributed by atoms with van der Waals surface area (Å²) in [5.74, 6) is -0.257. The van der Waals surface area contributed by atoms with Crippen LogP contribution in [0.25, 0.3) is 0 Å². The molecule has 0 saturated heterocycles. The van der Waals surface area contributed by atoms with Crippen molar-refractivity contribution in [2.75, 3.05) is 5.75 Å². The van der Waals surface area contributed by atoms with E-state index in [2.05, 4.69) is 0 Å². The summed E-state index contributed by atoms with van der Waals surface area (Å²) in [7, 11) is 0. The molecule has 0 aromatic carbocycles. The second kappa shape index (κ2) is 5.41. The number of rotatable bonds is 5. The Hall–Kier alpha value is -0.250. The Balaban J connectivity index is 3.31. The minimum Gasteiger partial charge on any atom is -0.480 e. The largest absolute Gasteiger partial charge is 0.480 e. The maximum Gasteiger partial charge on any atom is 0.316 e. The molecule has 0 aliphatic carbocycles. The van der Waals surface area contributed by atoms with Crippen LogP contribution in [0, 0.1) is 0 Å².